The highest BCUT2D eigenvalue weighted by Crippen LogP contribution is 2.03. The Morgan fingerprint density at radius 1 is 1.27 bits per heavy atom. The fourth-order valence-corrected chi connectivity index (χ4v) is 1.50. The maximum Gasteiger partial charge on any atom is 0.0562 e. The Labute approximate surface area is 89.9 Å². The predicted octanol–water partition coefficient (Wildman–Crippen LogP) is 2.77. The van der Waals surface area contributed by atoms with Gasteiger partial charge in [-0.25, -0.2) is 0 Å². The van der Waals surface area contributed by atoms with E-state index in [2.05, 4.69) is 35.9 Å². The highest BCUT2D eigenvalue weighted by atomic mass is 15.3. The van der Waals surface area contributed by atoms with Crippen molar-refractivity contribution in [3.63, 3.8) is 0 Å². The van der Waals surface area contributed by atoms with Crippen LogP contribution in [0.1, 0.15) is 11.1 Å². The molecule has 0 saturated carbocycles. The van der Waals surface area contributed by atoms with Crippen LogP contribution in [0.25, 0.3) is 6.08 Å². The van der Waals surface area contributed by atoms with Crippen LogP contribution < -0.4 is 0 Å². The van der Waals surface area contributed by atoms with Crippen LogP contribution in [0.4, 0.5) is 0 Å². The van der Waals surface area contributed by atoms with Crippen molar-refractivity contribution in [3.8, 4) is 0 Å². The molecule has 0 amide bonds. The summed E-state index contributed by atoms with van der Waals surface area (Å²) < 4.78 is 1.95. The SMILES string of the molecule is C=Cc1cnn(CCc2ccccc2)c1. The molecule has 0 N–H and O–H groups in total. The molecule has 2 heteroatoms. The third-order valence-corrected chi connectivity index (χ3v) is 2.36. The van der Waals surface area contributed by atoms with Crippen LogP contribution >= 0.6 is 0 Å². The third kappa shape index (κ3) is 2.56. The highest BCUT2D eigenvalue weighted by Gasteiger charge is 1.95. The first-order valence-electron chi connectivity index (χ1n) is 5.07. The fraction of sp³-hybridized carbons (Fsp3) is 0.154. The Morgan fingerprint density at radius 2 is 2.07 bits per heavy atom. The van der Waals surface area contributed by atoms with Crippen LogP contribution in [-0.2, 0) is 13.0 Å². The Hall–Kier alpha value is -1.83. The van der Waals surface area contributed by atoms with Crippen molar-refractivity contribution in [3.05, 3.63) is 60.4 Å². The first kappa shape index (κ1) is 9.71. The standard InChI is InChI=1S/C13H14N2/c1-2-12-10-14-15(11-12)9-8-13-6-4-3-5-7-13/h2-7,10-11H,1,8-9H2. The largest absolute Gasteiger partial charge is 0.272 e. The van der Waals surface area contributed by atoms with Crippen LogP contribution in [0.5, 0.6) is 0 Å². The number of aryl methyl sites for hydroxylation is 2. The molecule has 1 heterocycles. The minimum atomic E-state index is 0.915. The van der Waals surface area contributed by atoms with E-state index in [9.17, 15) is 0 Å². The minimum Gasteiger partial charge on any atom is -0.272 e. The van der Waals surface area contributed by atoms with Gasteiger partial charge in [-0.05, 0) is 12.0 Å². The molecule has 0 atom stereocenters. The molecular formula is C13H14N2. The summed E-state index contributed by atoms with van der Waals surface area (Å²) >= 11 is 0. The van der Waals surface area contributed by atoms with E-state index in [1.54, 1.807) is 0 Å². The molecule has 0 aliphatic heterocycles. The molecule has 0 radical (unpaired) electrons. The second-order valence-corrected chi connectivity index (χ2v) is 3.48. The third-order valence-electron chi connectivity index (χ3n) is 2.36. The Balaban J connectivity index is 1.96. The van der Waals surface area contributed by atoms with Gasteiger partial charge in [0.15, 0.2) is 0 Å². The van der Waals surface area contributed by atoms with Crippen molar-refractivity contribution in [1.29, 1.82) is 0 Å². The van der Waals surface area contributed by atoms with E-state index in [0.717, 1.165) is 18.5 Å². The monoisotopic (exact) mass is 198 g/mol. The van der Waals surface area contributed by atoms with Crippen molar-refractivity contribution in [2.24, 2.45) is 0 Å². The maximum absolute atomic E-state index is 4.25. The number of hydrogen-bond donors (Lipinski definition) is 0. The second kappa shape index (κ2) is 4.60. The summed E-state index contributed by atoms with van der Waals surface area (Å²) in [4.78, 5) is 0. The van der Waals surface area contributed by atoms with Crippen molar-refractivity contribution in [2.45, 2.75) is 13.0 Å². The van der Waals surface area contributed by atoms with Crippen LogP contribution in [-0.4, -0.2) is 9.78 Å². The maximum atomic E-state index is 4.25. The van der Waals surface area contributed by atoms with Crippen molar-refractivity contribution in [2.75, 3.05) is 0 Å². The summed E-state index contributed by atoms with van der Waals surface area (Å²) in [5.74, 6) is 0. The molecule has 0 aliphatic carbocycles. The molecule has 2 nitrogen and oxygen atoms in total. The molecule has 0 aliphatic rings. The number of rotatable bonds is 4. The fourth-order valence-electron chi connectivity index (χ4n) is 1.50. The Bertz CT molecular complexity index is 429. The summed E-state index contributed by atoms with van der Waals surface area (Å²) in [7, 11) is 0. The molecule has 1 aromatic heterocycles. The van der Waals surface area contributed by atoms with Gasteiger partial charge in [-0.1, -0.05) is 43.0 Å². The molecule has 0 bridgehead atoms. The van der Waals surface area contributed by atoms with E-state index in [1.807, 2.05) is 29.2 Å². The van der Waals surface area contributed by atoms with Crippen LogP contribution in [0.2, 0.25) is 0 Å². The Kier molecular flexibility index (Phi) is 2.98. The average Bonchev–Trinajstić information content (AvgIpc) is 2.76. The lowest BCUT2D eigenvalue weighted by molar-refractivity contribution is 0.615. The zero-order valence-electron chi connectivity index (χ0n) is 8.63. The molecule has 0 saturated heterocycles. The molecule has 15 heavy (non-hydrogen) atoms. The van der Waals surface area contributed by atoms with Gasteiger partial charge < -0.3 is 0 Å². The number of nitrogens with zero attached hydrogens (tertiary/aromatic N) is 2. The number of benzene rings is 1. The highest BCUT2D eigenvalue weighted by molar-refractivity contribution is 5.43. The summed E-state index contributed by atoms with van der Waals surface area (Å²) in [5.41, 5.74) is 2.41. The minimum absolute atomic E-state index is 0.915. The van der Waals surface area contributed by atoms with E-state index in [4.69, 9.17) is 0 Å². The lowest BCUT2D eigenvalue weighted by Gasteiger charge is -2.01. The lowest BCUT2D eigenvalue weighted by Crippen LogP contribution is -2.01. The first-order chi connectivity index (χ1) is 7.38. The molecule has 0 spiro atoms. The normalized spacial score (nSPS) is 10.1. The van der Waals surface area contributed by atoms with E-state index in [0.29, 0.717) is 0 Å². The molecule has 2 rings (SSSR count). The molecule has 76 valence electrons. The van der Waals surface area contributed by atoms with Gasteiger partial charge in [-0.2, -0.15) is 5.10 Å². The average molecular weight is 198 g/mol. The number of hydrogen-bond acceptors (Lipinski definition) is 1. The molecule has 0 fully saturated rings. The van der Waals surface area contributed by atoms with Crippen molar-refractivity contribution >= 4 is 6.08 Å². The van der Waals surface area contributed by atoms with Gasteiger partial charge in [0, 0.05) is 18.3 Å². The molecule has 2 aromatic rings. The van der Waals surface area contributed by atoms with Gasteiger partial charge in [0.1, 0.15) is 0 Å². The second-order valence-electron chi connectivity index (χ2n) is 3.48. The first-order valence-corrected chi connectivity index (χ1v) is 5.07. The summed E-state index contributed by atoms with van der Waals surface area (Å²) in [6, 6.07) is 10.4. The summed E-state index contributed by atoms with van der Waals surface area (Å²) in [6.07, 6.45) is 6.67. The Morgan fingerprint density at radius 3 is 2.73 bits per heavy atom. The van der Waals surface area contributed by atoms with Crippen molar-refractivity contribution < 1.29 is 0 Å². The van der Waals surface area contributed by atoms with Gasteiger partial charge in [0.05, 0.1) is 6.20 Å². The lowest BCUT2D eigenvalue weighted by atomic mass is 10.1. The molecular weight excluding hydrogens is 184 g/mol. The zero-order chi connectivity index (χ0) is 10.5. The van der Waals surface area contributed by atoms with Crippen LogP contribution in [0.15, 0.2) is 49.3 Å². The van der Waals surface area contributed by atoms with Crippen LogP contribution in [0, 0.1) is 0 Å². The smallest absolute Gasteiger partial charge is 0.0562 e. The van der Waals surface area contributed by atoms with E-state index >= 15 is 0 Å². The van der Waals surface area contributed by atoms with Crippen LogP contribution in [0.3, 0.4) is 0 Å². The predicted molar refractivity (Wildman–Crippen MR) is 62.5 cm³/mol. The molecule has 0 unspecified atom stereocenters. The topological polar surface area (TPSA) is 17.8 Å². The van der Waals surface area contributed by atoms with E-state index in [-0.39, 0.29) is 0 Å². The number of aromatic nitrogens is 2. The van der Waals surface area contributed by atoms with Gasteiger partial charge in [0.25, 0.3) is 0 Å². The van der Waals surface area contributed by atoms with Gasteiger partial charge in [-0.15, -0.1) is 0 Å². The van der Waals surface area contributed by atoms with E-state index < -0.39 is 0 Å². The van der Waals surface area contributed by atoms with Gasteiger partial charge >= 0.3 is 0 Å². The van der Waals surface area contributed by atoms with Crippen molar-refractivity contribution in [1.82, 2.24) is 9.78 Å². The summed E-state index contributed by atoms with van der Waals surface area (Å²) in [6.45, 7) is 4.62. The quantitative estimate of drug-likeness (QED) is 0.738. The molecule has 1 aromatic carbocycles. The zero-order valence-corrected chi connectivity index (χ0v) is 8.63. The summed E-state index contributed by atoms with van der Waals surface area (Å²) in [5, 5.41) is 4.25. The van der Waals surface area contributed by atoms with E-state index in [1.165, 1.54) is 5.56 Å². The van der Waals surface area contributed by atoms with Gasteiger partial charge in [-0.3, -0.25) is 4.68 Å². The van der Waals surface area contributed by atoms with Gasteiger partial charge in [0.2, 0.25) is 0 Å².